The molecular weight excluding hydrogens is 279 g/mol. The lowest BCUT2D eigenvalue weighted by Gasteiger charge is -2.12. The summed E-state index contributed by atoms with van der Waals surface area (Å²) < 4.78 is 39.0. The molecule has 0 saturated heterocycles. The van der Waals surface area contributed by atoms with Crippen LogP contribution in [0, 0.1) is 6.92 Å². The van der Waals surface area contributed by atoms with Crippen LogP contribution in [0.1, 0.15) is 30.2 Å². The van der Waals surface area contributed by atoms with Crippen molar-refractivity contribution in [2.75, 3.05) is 0 Å². The van der Waals surface area contributed by atoms with Gasteiger partial charge in [-0.15, -0.1) is 0 Å². The average molecular weight is 297 g/mol. The quantitative estimate of drug-likeness (QED) is 0.939. The molecule has 21 heavy (non-hydrogen) atoms. The maximum Gasteiger partial charge on any atom is 0.435 e. The first kappa shape index (κ1) is 15.6. The largest absolute Gasteiger partial charge is 0.435 e. The average Bonchev–Trinajstić information content (AvgIpc) is 2.88. The maximum atomic E-state index is 12.6. The molecule has 0 radical (unpaired) electrons. The van der Waals surface area contributed by atoms with E-state index in [9.17, 15) is 13.2 Å². The minimum absolute atomic E-state index is 0.0942. The molecule has 0 saturated carbocycles. The molecule has 1 aromatic heterocycles. The second-order valence-electron chi connectivity index (χ2n) is 5.14. The molecule has 1 heterocycles. The van der Waals surface area contributed by atoms with Crippen molar-refractivity contribution in [2.24, 2.45) is 5.73 Å². The first-order chi connectivity index (χ1) is 9.81. The van der Waals surface area contributed by atoms with Crippen LogP contribution in [0.4, 0.5) is 13.2 Å². The van der Waals surface area contributed by atoms with E-state index in [2.05, 4.69) is 5.10 Å². The van der Waals surface area contributed by atoms with E-state index in [1.54, 1.807) is 6.07 Å². The topological polar surface area (TPSA) is 43.8 Å². The Hall–Kier alpha value is -1.82. The van der Waals surface area contributed by atoms with E-state index in [1.807, 2.05) is 26.0 Å². The molecule has 0 fully saturated rings. The summed E-state index contributed by atoms with van der Waals surface area (Å²) in [6.07, 6.45) is -1.46. The molecule has 1 atom stereocenters. The van der Waals surface area contributed by atoms with Crippen LogP contribution >= 0.6 is 0 Å². The molecule has 0 aliphatic carbocycles. The van der Waals surface area contributed by atoms with Crippen molar-refractivity contribution in [3.63, 3.8) is 0 Å². The van der Waals surface area contributed by atoms with E-state index in [-0.39, 0.29) is 6.04 Å². The van der Waals surface area contributed by atoms with Gasteiger partial charge >= 0.3 is 6.18 Å². The number of aryl methyl sites for hydroxylation is 1. The van der Waals surface area contributed by atoms with Crippen molar-refractivity contribution in [2.45, 2.75) is 38.9 Å². The van der Waals surface area contributed by atoms with Crippen LogP contribution in [-0.2, 0) is 12.6 Å². The van der Waals surface area contributed by atoms with Gasteiger partial charge in [0.25, 0.3) is 0 Å². The predicted molar refractivity (Wildman–Crippen MR) is 75.3 cm³/mol. The zero-order chi connectivity index (χ0) is 15.6. The van der Waals surface area contributed by atoms with Crippen LogP contribution in [0.25, 0.3) is 5.69 Å². The predicted octanol–water partition coefficient (Wildman–Crippen LogP) is 3.48. The van der Waals surface area contributed by atoms with E-state index < -0.39 is 11.9 Å². The third-order valence-electron chi connectivity index (χ3n) is 3.41. The fourth-order valence-electron chi connectivity index (χ4n) is 2.16. The van der Waals surface area contributed by atoms with Gasteiger partial charge in [-0.1, -0.05) is 19.1 Å². The van der Waals surface area contributed by atoms with Gasteiger partial charge in [0.2, 0.25) is 0 Å². The molecule has 0 bridgehead atoms. The number of hydrogen-bond acceptors (Lipinski definition) is 2. The highest BCUT2D eigenvalue weighted by Gasteiger charge is 2.33. The summed E-state index contributed by atoms with van der Waals surface area (Å²) >= 11 is 0. The highest BCUT2D eigenvalue weighted by Crippen LogP contribution is 2.28. The normalized spacial score (nSPS) is 13.4. The third-order valence-corrected chi connectivity index (χ3v) is 3.41. The molecule has 1 aromatic carbocycles. The first-order valence-corrected chi connectivity index (χ1v) is 6.79. The second-order valence-corrected chi connectivity index (χ2v) is 5.14. The van der Waals surface area contributed by atoms with Crippen molar-refractivity contribution in [3.8, 4) is 5.69 Å². The second kappa shape index (κ2) is 5.89. The maximum absolute atomic E-state index is 12.6. The number of alkyl halides is 3. The van der Waals surface area contributed by atoms with Gasteiger partial charge in [-0.2, -0.15) is 18.3 Å². The lowest BCUT2D eigenvalue weighted by Crippen LogP contribution is -2.21. The van der Waals surface area contributed by atoms with Crippen molar-refractivity contribution in [3.05, 3.63) is 47.3 Å². The molecule has 0 aliphatic rings. The Morgan fingerprint density at radius 1 is 1.29 bits per heavy atom. The Labute approximate surface area is 121 Å². The zero-order valence-electron chi connectivity index (χ0n) is 12.0. The van der Waals surface area contributed by atoms with Crippen molar-refractivity contribution in [1.29, 1.82) is 0 Å². The lowest BCUT2D eigenvalue weighted by atomic mass is 10.0. The molecule has 114 valence electrons. The molecule has 2 N–H and O–H groups in total. The van der Waals surface area contributed by atoms with Gasteiger partial charge in [0.1, 0.15) is 0 Å². The Kier molecular flexibility index (Phi) is 4.37. The molecule has 6 heteroatoms. The van der Waals surface area contributed by atoms with Crippen LogP contribution in [0.3, 0.4) is 0 Å². The Morgan fingerprint density at radius 3 is 2.52 bits per heavy atom. The Morgan fingerprint density at radius 2 is 2.00 bits per heavy atom. The highest BCUT2D eigenvalue weighted by atomic mass is 19.4. The van der Waals surface area contributed by atoms with Gasteiger partial charge in [-0.3, -0.25) is 0 Å². The van der Waals surface area contributed by atoms with E-state index in [4.69, 9.17) is 5.73 Å². The molecule has 1 unspecified atom stereocenters. The van der Waals surface area contributed by atoms with E-state index >= 15 is 0 Å². The number of rotatable bonds is 4. The minimum Gasteiger partial charge on any atom is -0.327 e. The van der Waals surface area contributed by atoms with Gasteiger partial charge in [0.15, 0.2) is 5.69 Å². The Balaban J connectivity index is 2.27. The summed E-state index contributed by atoms with van der Waals surface area (Å²) in [5.41, 5.74) is 7.61. The van der Waals surface area contributed by atoms with Crippen molar-refractivity contribution < 1.29 is 13.2 Å². The van der Waals surface area contributed by atoms with Crippen LogP contribution in [0.15, 0.2) is 30.5 Å². The highest BCUT2D eigenvalue weighted by molar-refractivity contribution is 5.42. The van der Waals surface area contributed by atoms with Crippen LogP contribution in [0.5, 0.6) is 0 Å². The number of nitrogens with two attached hydrogens (primary N) is 1. The number of hydrogen-bond donors (Lipinski definition) is 1. The number of nitrogens with zero attached hydrogens (tertiary/aromatic N) is 2. The van der Waals surface area contributed by atoms with Crippen LogP contribution in [0.2, 0.25) is 0 Å². The first-order valence-electron chi connectivity index (χ1n) is 6.79. The van der Waals surface area contributed by atoms with Crippen molar-refractivity contribution >= 4 is 0 Å². The molecule has 3 nitrogen and oxygen atoms in total. The van der Waals surface area contributed by atoms with E-state index in [1.165, 1.54) is 10.9 Å². The number of halogens is 3. The summed E-state index contributed by atoms with van der Waals surface area (Å²) in [5, 5.41) is 3.59. The molecule has 2 rings (SSSR count). The standard InChI is InChI=1S/C15H18F3N3/c1-3-12(19)9-11-4-5-13(10(2)8-11)21-7-6-14(20-21)15(16,17)18/h4-8,12H,3,9,19H2,1-2H3. The van der Waals surface area contributed by atoms with Crippen LogP contribution in [-0.4, -0.2) is 15.8 Å². The summed E-state index contributed by atoms with van der Waals surface area (Å²) in [4.78, 5) is 0. The summed E-state index contributed by atoms with van der Waals surface area (Å²) in [7, 11) is 0. The Bertz CT molecular complexity index is 617. The molecule has 0 aliphatic heterocycles. The monoisotopic (exact) mass is 297 g/mol. The van der Waals surface area contributed by atoms with E-state index in [0.717, 1.165) is 30.0 Å². The van der Waals surface area contributed by atoms with Gasteiger partial charge < -0.3 is 5.73 Å². The van der Waals surface area contributed by atoms with E-state index in [0.29, 0.717) is 5.69 Å². The summed E-state index contributed by atoms with van der Waals surface area (Å²) in [6, 6.07) is 6.67. The molecule has 2 aromatic rings. The van der Waals surface area contributed by atoms with Gasteiger partial charge in [0, 0.05) is 12.2 Å². The van der Waals surface area contributed by atoms with Gasteiger partial charge in [-0.05, 0) is 43.0 Å². The minimum atomic E-state index is -4.42. The van der Waals surface area contributed by atoms with Crippen LogP contribution < -0.4 is 5.73 Å². The SMILES string of the molecule is CCC(N)Cc1ccc(-n2ccc(C(F)(F)F)n2)c(C)c1. The lowest BCUT2D eigenvalue weighted by molar-refractivity contribution is -0.141. The summed E-state index contributed by atoms with van der Waals surface area (Å²) in [5.74, 6) is 0. The summed E-state index contributed by atoms with van der Waals surface area (Å²) in [6.45, 7) is 3.87. The smallest absolute Gasteiger partial charge is 0.327 e. The molecule has 0 amide bonds. The molecule has 0 spiro atoms. The van der Waals surface area contributed by atoms with Crippen molar-refractivity contribution in [1.82, 2.24) is 9.78 Å². The molecular formula is C15H18F3N3. The zero-order valence-corrected chi connectivity index (χ0v) is 12.0. The van der Waals surface area contributed by atoms with Gasteiger partial charge in [-0.25, -0.2) is 4.68 Å². The number of benzene rings is 1. The third kappa shape index (κ3) is 3.64. The fraction of sp³-hybridized carbons (Fsp3) is 0.400. The number of aromatic nitrogens is 2. The van der Waals surface area contributed by atoms with Gasteiger partial charge in [0.05, 0.1) is 5.69 Å². The fourth-order valence-corrected chi connectivity index (χ4v) is 2.16.